The van der Waals surface area contributed by atoms with Crippen LogP contribution in [0.2, 0.25) is 0 Å². The van der Waals surface area contributed by atoms with Gasteiger partial charge in [-0.05, 0) is 31.0 Å². The molecule has 0 aromatic heterocycles. The van der Waals surface area contributed by atoms with Crippen molar-refractivity contribution in [1.82, 2.24) is 15.5 Å². The molecule has 0 amide bonds. The summed E-state index contributed by atoms with van der Waals surface area (Å²) in [5.74, 6) is 0.341. The van der Waals surface area contributed by atoms with E-state index in [0.29, 0.717) is 25.6 Å². The van der Waals surface area contributed by atoms with Crippen LogP contribution in [0, 0.1) is 0 Å². The smallest absolute Gasteiger partial charge is 0.357 e. The Labute approximate surface area is 183 Å². The lowest BCUT2D eigenvalue weighted by molar-refractivity contribution is -0.137. The number of halogens is 7. The van der Waals surface area contributed by atoms with Crippen LogP contribution in [-0.2, 0) is 12.7 Å². The summed E-state index contributed by atoms with van der Waals surface area (Å²) in [5, 5.41) is 6.06. The van der Waals surface area contributed by atoms with Gasteiger partial charge in [-0.1, -0.05) is 12.1 Å². The number of nitrogens with one attached hydrogen (secondary N) is 2. The zero-order valence-electron chi connectivity index (χ0n) is 15.9. The number of hydrogen-bond donors (Lipinski definition) is 2. The Balaban J connectivity index is 0.00000420. The first-order valence-corrected chi connectivity index (χ1v) is 9.07. The number of nitrogens with zero attached hydrogens (tertiary/aromatic N) is 2. The third-order valence-electron chi connectivity index (χ3n) is 4.31. The SMILES string of the molecule is CCNC(=NCCC(F)(F)F)NC1CCN(Cc2ccc(C(F)(F)F)cc2)C1.I. The average molecular weight is 538 g/mol. The zero-order valence-corrected chi connectivity index (χ0v) is 18.2. The first-order valence-electron chi connectivity index (χ1n) is 9.07. The highest BCUT2D eigenvalue weighted by Crippen LogP contribution is 2.29. The van der Waals surface area contributed by atoms with Crippen LogP contribution in [0.1, 0.15) is 30.9 Å². The molecule has 166 valence electrons. The number of aliphatic imine (C=N–C) groups is 1. The molecule has 0 saturated carbocycles. The minimum Gasteiger partial charge on any atom is -0.357 e. The predicted octanol–water partition coefficient (Wildman–Crippen LogP) is 4.41. The van der Waals surface area contributed by atoms with E-state index in [9.17, 15) is 26.3 Å². The number of hydrogen-bond acceptors (Lipinski definition) is 2. The summed E-state index contributed by atoms with van der Waals surface area (Å²) in [7, 11) is 0. The van der Waals surface area contributed by atoms with E-state index in [4.69, 9.17) is 0 Å². The third-order valence-corrected chi connectivity index (χ3v) is 4.31. The molecule has 1 aromatic rings. The van der Waals surface area contributed by atoms with E-state index in [2.05, 4.69) is 20.5 Å². The molecule has 0 aliphatic carbocycles. The molecule has 0 bridgehead atoms. The predicted molar refractivity (Wildman–Crippen MR) is 110 cm³/mol. The maximum atomic E-state index is 12.6. The zero-order chi connectivity index (χ0) is 20.8. The van der Waals surface area contributed by atoms with E-state index >= 15 is 0 Å². The standard InChI is InChI=1S/C18H24F6N4.HI/c1-2-25-16(26-9-8-17(19,20)21)27-15-7-10-28(12-15)11-13-3-5-14(6-4-13)18(22,23)24;/h3-6,15H,2,7-12H2,1H3,(H2,25,26,27);1H. The van der Waals surface area contributed by atoms with Gasteiger partial charge in [0.1, 0.15) is 0 Å². The van der Waals surface area contributed by atoms with Crippen LogP contribution >= 0.6 is 24.0 Å². The summed E-state index contributed by atoms with van der Waals surface area (Å²) in [6.45, 7) is 3.89. The van der Waals surface area contributed by atoms with Gasteiger partial charge in [-0.25, -0.2) is 0 Å². The molecule has 0 spiro atoms. The van der Waals surface area contributed by atoms with Gasteiger partial charge in [0.05, 0.1) is 18.5 Å². The van der Waals surface area contributed by atoms with Gasteiger partial charge in [0.25, 0.3) is 0 Å². The van der Waals surface area contributed by atoms with Crippen LogP contribution in [-0.4, -0.2) is 49.3 Å². The van der Waals surface area contributed by atoms with Crippen LogP contribution in [0.25, 0.3) is 0 Å². The molecular weight excluding hydrogens is 513 g/mol. The molecule has 1 unspecified atom stereocenters. The molecule has 1 atom stereocenters. The molecule has 1 aliphatic heterocycles. The first kappa shape index (κ1) is 25.8. The topological polar surface area (TPSA) is 39.7 Å². The van der Waals surface area contributed by atoms with E-state index in [1.807, 2.05) is 6.92 Å². The van der Waals surface area contributed by atoms with Crippen molar-refractivity contribution in [3.63, 3.8) is 0 Å². The van der Waals surface area contributed by atoms with Crippen LogP contribution in [0.15, 0.2) is 29.3 Å². The molecule has 1 aromatic carbocycles. The Hall–Kier alpha value is -1.24. The van der Waals surface area contributed by atoms with E-state index in [1.165, 1.54) is 12.1 Å². The van der Waals surface area contributed by atoms with Crippen molar-refractivity contribution < 1.29 is 26.3 Å². The maximum Gasteiger partial charge on any atom is 0.416 e. The van der Waals surface area contributed by atoms with Gasteiger partial charge >= 0.3 is 12.4 Å². The molecule has 2 rings (SSSR count). The van der Waals surface area contributed by atoms with E-state index in [1.54, 1.807) is 0 Å². The van der Waals surface area contributed by atoms with E-state index in [0.717, 1.165) is 30.7 Å². The molecule has 1 aliphatic rings. The van der Waals surface area contributed by atoms with Gasteiger partial charge in [-0.15, -0.1) is 24.0 Å². The molecule has 4 nitrogen and oxygen atoms in total. The Morgan fingerprint density at radius 3 is 2.34 bits per heavy atom. The minimum atomic E-state index is -4.35. The second-order valence-electron chi connectivity index (χ2n) is 6.69. The lowest BCUT2D eigenvalue weighted by Gasteiger charge is -2.19. The van der Waals surface area contributed by atoms with Gasteiger partial charge in [-0.2, -0.15) is 26.3 Å². The van der Waals surface area contributed by atoms with Crippen molar-refractivity contribution in [2.75, 3.05) is 26.2 Å². The van der Waals surface area contributed by atoms with Crippen molar-refractivity contribution in [2.45, 2.75) is 44.7 Å². The highest BCUT2D eigenvalue weighted by atomic mass is 127. The summed E-state index contributed by atoms with van der Waals surface area (Å²) in [5.41, 5.74) is 0.0990. The number of rotatable bonds is 6. The molecular formula is C18H25F6IN4. The van der Waals surface area contributed by atoms with Gasteiger partial charge in [-0.3, -0.25) is 9.89 Å². The lowest BCUT2D eigenvalue weighted by atomic mass is 10.1. The number of alkyl halides is 6. The highest BCUT2D eigenvalue weighted by Gasteiger charge is 2.30. The second kappa shape index (κ2) is 11.2. The van der Waals surface area contributed by atoms with Crippen LogP contribution in [0.5, 0.6) is 0 Å². The summed E-state index contributed by atoms with van der Waals surface area (Å²) in [6, 6.07) is 5.08. The fraction of sp³-hybridized carbons (Fsp3) is 0.611. The van der Waals surface area contributed by atoms with Gasteiger partial charge < -0.3 is 10.6 Å². The maximum absolute atomic E-state index is 12.6. The van der Waals surface area contributed by atoms with Crippen LogP contribution in [0.3, 0.4) is 0 Å². The lowest BCUT2D eigenvalue weighted by Crippen LogP contribution is -2.44. The molecule has 0 radical (unpaired) electrons. The Morgan fingerprint density at radius 2 is 1.79 bits per heavy atom. The third kappa shape index (κ3) is 9.41. The van der Waals surface area contributed by atoms with Gasteiger partial charge in [0.2, 0.25) is 0 Å². The molecule has 1 heterocycles. The van der Waals surface area contributed by atoms with Gasteiger partial charge in [0.15, 0.2) is 5.96 Å². The van der Waals surface area contributed by atoms with Crippen molar-refractivity contribution in [2.24, 2.45) is 4.99 Å². The first-order chi connectivity index (χ1) is 13.1. The fourth-order valence-corrected chi connectivity index (χ4v) is 2.96. The summed E-state index contributed by atoms with van der Waals surface area (Å²) in [4.78, 5) is 6.04. The van der Waals surface area contributed by atoms with Crippen molar-refractivity contribution in [1.29, 1.82) is 0 Å². The quantitative estimate of drug-likeness (QED) is 0.244. The summed E-state index contributed by atoms with van der Waals surface area (Å²) in [6.07, 6.45) is -8.80. The van der Waals surface area contributed by atoms with Crippen LogP contribution < -0.4 is 10.6 Å². The highest BCUT2D eigenvalue weighted by molar-refractivity contribution is 14.0. The molecule has 1 saturated heterocycles. The minimum absolute atomic E-state index is 0. The van der Waals surface area contributed by atoms with Gasteiger partial charge in [0, 0.05) is 32.2 Å². The van der Waals surface area contributed by atoms with Crippen molar-refractivity contribution in [3.05, 3.63) is 35.4 Å². The monoisotopic (exact) mass is 538 g/mol. The summed E-state index contributed by atoms with van der Waals surface area (Å²) >= 11 is 0. The Bertz CT molecular complexity index is 645. The average Bonchev–Trinajstić information content (AvgIpc) is 3.00. The molecule has 29 heavy (non-hydrogen) atoms. The number of guanidine groups is 1. The second-order valence-corrected chi connectivity index (χ2v) is 6.69. The van der Waals surface area contributed by atoms with Crippen molar-refractivity contribution in [3.8, 4) is 0 Å². The number of benzene rings is 1. The summed E-state index contributed by atoms with van der Waals surface area (Å²) < 4.78 is 74.6. The Morgan fingerprint density at radius 1 is 1.14 bits per heavy atom. The normalized spacial score (nSPS) is 18.4. The van der Waals surface area contributed by atoms with E-state index in [-0.39, 0.29) is 36.6 Å². The van der Waals surface area contributed by atoms with Crippen LogP contribution in [0.4, 0.5) is 26.3 Å². The van der Waals surface area contributed by atoms with Crippen molar-refractivity contribution >= 4 is 29.9 Å². The number of likely N-dealkylation sites (tertiary alicyclic amines) is 1. The fourth-order valence-electron chi connectivity index (χ4n) is 2.96. The Kier molecular flexibility index (Phi) is 9.99. The molecule has 11 heteroatoms. The molecule has 1 fully saturated rings. The van der Waals surface area contributed by atoms with E-state index < -0.39 is 24.3 Å². The largest absolute Gasteiger partial charge is 0.416 e. The molecule has 2 N–H and O–H groups in total.